The molecular formula is C32H29FN2O5S. The van der Waals surface area contributed by atoms with Crippen molar-refractivity contribution < 1.29 is 28.6 Å². The van der Waals surface area contributed by atoms with Gasteiger partial charge in [0.25, 0.3) is 5.78 Å². The number of rotatable bonds is 8. The van der Waals surface area contributed by atoms with Gasteiger partial charge in [0, 0.05) is 12.0 Å². The second-order valence-corrected chi connectivity index (χ2v) is 11.4. The monoisotopic (exact) mass is 572 g/mol. The molecule has 0 bridgehead atoms. The molecule has 2 aliphatic rings. The van der Waals surface area contributed by atoms with E-state index in [0.29, 0.717) is 40.1 Å². The Morgan fingerprint density at radius 1 is 1.12 bits per heavy atom. The summed E-state index contributed by atoms with van der Waals surface area (Å²) in [6.07, 6.45) is 3.80. The van der Waals surface area contributed by atoms with Crippen LogP contribution in [-0.4, -0.2) is 34.5 Å². The summed E-state index contributed by atoms with van der Waals surface area (Å²) >= 11 is 1.11. The number of hydrogen-bond donors (Lipinski definition) is 1. The highest BCUT2D eigenvalue weighted by molar-refractivity contribution is 7.22. The van der Waals surface area contributed by atoms with E-state index >= 15 is 0 Å². The summed E-state index contributed by atoms with van der Waals surface area (Å²) in [6.45, 7) is 4.69. The highest BCUT2D eigenvalue weighted by atomic mass is 32.1. The number of halogens is 1. The van der Waals surface area contributed by atoms with E-state index in [1.54, 1.807) is 42.5 Å². The molecule has 4 aromatic rings. The van der Waals surface area contributed by atoms with Gasteiger partial charge in [-0.15, -0.1) is 0 Å². The zero-order chi connectivity index (χ0) is 28.7. The lowest BCUT2D eigenvalue weighted by atomic mass is 9.94. The van der Waals surface area contributed by atoms with E-state index in [1.165, 1.54) is 23.1 Å². The molecule has 7 nitrogen and oxygen atoms in total. The van der Waals surface area contributed by atoms with Gasteiger partial charge in [0.15, 0.2) is 5.13 Å². The minimum atomic E-state index is -0.946. The van der Waals surface area contributed by atoms with Crippen molar-refractivity contribution in [2.75, 3.05) is 11.5 Å². The number of aromatic nitrogens is 1. The third-order valence-corrected chi connectivity index (χ3v) is 8.39. The Balaban J connectivity index is 1.44. The average Bonchev–Trinajstić information content (AvgIpc) is 3.63. The molecule has 9 heteroatoms. The number of ketones is 1. The number of carbonyl (C=O) groups is 2. The number of nitrogens with zero attached hydrogens (tertiary/aromatic N) is 2. The van der Waals surface area contributed by atoms with Crippen LogP contribution in [0.4, 0.5) is 9.52 Å². The lowest BCUT2D eigenvalue weighted by Crippen LogP contribution is -2.29. The van der Waals surface area contributed by atoms with Gasteiger partial charge >= 0.3 is 5.91 Å². The van der Waals surface area contributed by atoms with E-state index in [1.807, 2.05) is 6.92 Å². The Labute approximate surface area is 240 Å². The number of benzene rings is 3. The van der Waals surface area contributed by atoms with Crippen LogP contribution in [0.2, 0.25) is 0 Å². The number of aliphatic hydroxyl groups is 1. The Hall–Kier alpha value is -4.24. The van der Waals surface area contributed by atoms with Crippen molar-refractivity contribution in [3.8, 4) is 11.5 Å². The molecule has 41 heavy (non-hydrogen) atoms. The molecule has 2 aliphatic heterocycles. The number of thiazole rings is 1. The van der Waals surface area contributed by atoms with E-state index in [9.17, 15) is 19.1 Å². The molecule has 0 spiro atoms. The van der Waals surface area contributed by atoms with Crippen LogP contribution >= 0.6 is 11.3 Å². The van der Waals surface area contributed by atoms with E-state index in [0.717, 1.165) is 41.9 Å². The first-order valence-electron chi connectivity index (χ1n) is 13.7. The van der Waals surface area contributed by atoms with Crippen molar-refractivity contribution in [3.63, 3.8) is 0 Å². The van der Waals surface area contributed by atoms with Crippen LogP contribution in [0, 0.1) is 5.82 Å². The van der Waals surface area contributed by atoms with Gasteiger partial charge in [-0.1, -0.05) is 43.2 Å². The third kappa shape index (κ3) is 5.06. The molecule has 1 amide bonds. The number of fused-ring (bicyclic) bond motifs is 2. The van der Waals surface area contributed by atoms with Crippen molar-refractivity contribution in [2.24, 2.45) is 0 Å². The maximum absolute atomic E-state index is 13.9. The SMILES string of the molecule is CCCCCOc1ccc([C@@H]2C(=C(O)c3ccc4c(c3)C[C@@H](C)O4)C(=O)C(=O)N2c2nc3ccc(F)cc3s2)cc1. The molecular weight excluding hydrogens is 543 g/mol. The summed E-state index contributed by atoms with van der Waals surface area (Å²) in [5, 5.41) is 11.8. The molecule has 1 saturated heterocycles. The number of anilines is 1. The number of hydrogen-bond acceptors (Lipinski definition) is 7. The lowest BCUT2D eigenvalue weighted by Gasteiger charge is -2.23. The molecule has 210 valence electrons. The predicted octanol–water partition coefficient (Wildman–Crippen LogP) is 6.95. The smallest absolute Gasteiger partial charge is 0.301 e. The van der Waals surface area contributed by atoms with Crippen molar-refractivity contribution in [2.45, 2.75) is 51.7 Å². The quantitative estimate of drug-likeness (QED) is 0.106. The van der Waals surface area contributed by atoms with E-state index in [2.05, 4.69) is 11.9 Å². The summed E-state index contributed by atoms with van der Waals surface area (Å²) in [5.74, 6) is -0.912. The van der Waals surface area contributed by atoms with Gasteiger partial charge in [-0.25, -0.2) is 9.37 Å². The molecule has 1 fully saturated rings. The number of ether oxygens (including phenoxy) is 2. The largest absolute Gasteiger partial charge is 0.507 e. The molecule has 0 saturated carbocycles. The van der Waals surface area contributed by atoms with Crippen LogP contribution < -0.4 is 14.4 Å². The minimum Gasteiger partial charge on any atom is -0.507 e. The number of amides is 1. The fourth-order valence-electron chi connectivity index (χ4n) is 5.35. The molecule has 0 aliphatic carbocycles. The van der Waals surface area contributed by atoms with Gasteiger partial charge in [0.1, 0.15) is 29.2 Å². The molecule has 1 N–H and O–H groups in total. The Bertz CT molecular complexity index is 1680. The first kappa shape index (κ1) is 27.0. The lowest BCUT2D eigenvalue weighted by molar-refractivity contribution is -0.132. The Morgan fingerprint density at radius 3 is 2.71 bits per heavy atom. The summed E-state index contributed by atoms with van der Waals surface area (Å²) < 4.78 is 26.1. The summed E-state index contributed by atoms with van der Waals surface area (Å²) in [6, 6.07) is 15.7. The van der Waals surface area contributed by atoms with Crippen molar-refractivity contribution >= 4 is 44.1 Å². The highest BCUT2D eigenvalue weighted by Gasteiger charge is 2.48. The molecule has 3 aromatic carbocycles. The van der Waals surface area contributed by atoms with Crippen LogP contribution in [0.3, 0.4) is 0 Å². The van der Waals surface area contributed by atoms with Crippen LogP contribution in [0.15, 0.2) is 66.2 Å². The van der Waals surface area contributed by atoms with Crippen molar-refractivity contribution in [1.29, 1.82) is 0 Å². The molecule has 1 aromatic heterocycles. The summed E-state index contributed by atoms with van der Waals surface area (Å²) in [5.41, 5.74) is 2.42. The molecule has 2 atom stereocenters. The maximum Gasteiger partial charge on any atom is 0.301 e. The third-order valence-electron chi connectivity index (χ3n) is 7.37. The molecule has 0 radical (unpaired) electrons. The van der Waals surface area contributed by atoms with Crippen molar-refractivity contribution in [1.82, 2.24) is 4.98 Å². The first-order chi connectivity index (χ1) is 19.8. The van der Waals surface area contributed by atoms with Gasteiger partial charge in [-0.3, -0.25) is 14.5 Å². The van der Waals surface area contributed by atoms with Gasteiger partial charge in [-0.2, -0.15) is 0 Å². The molecule has 3 heterocycles. The van der Waals surface area contributed by atoms with E-state index < -0.39 is 23.5 Å². The number of aliphatic hydroxyl groups excluding tert-OH is 1. The number of Topliss-reactive ketones (excluding diaryl/α,β-unsaturated/α-hetero) is 1. The van der Waals surface area contributed by atoms with Crippen molar-refractivity contribution in [3.05, 3.63) is 88.7 Å². The Morgan fingerprint density at radius 2 is 1.93 bits per heavy atom. The van der Waals surface area contributed by atoms with Gasteiger partial charge in [-0.05, 0) is 73.0 Å². The average molecular weight is 573 g/mol. The molecule has 6 rings (SSSR count). The zero-order valence-electron chi connectivity index (χ0n) is 22.7. The van der Waals surface area contributed by atoms with E-state index in [-0.39, 0.29) is 22.6 Å². The fourth-order valence-corrected chi connectivity index (χ4v) is 6.36. The fraction of sp³-hybridized carbons (Fsp3) is 0.281. The number of unbranched alkanes of at least 4 members (excludes halogenated alkanes) is 2. The standard InChI is InChI=1S/C32H29FN2O5S/c1-3-4-5-14-39-23-10-6-19(7-11-23)28-27(29(36)20-8-13-25-21(16-20)15-18(2)40-25)30(37)31(38)35(28)32-34-24-12-9-22(33)17-26(24)41-32/h6-13,16-18,28,36H,3-5,14-15H2,1-2H3/t18-,28-/m1/s1. The maximum atomic E-state index is 13.9. The first-order valence-corrected chi connectivity index (χ1v) is 14.6. The van der Waals surface area contributed by atoms with Crippen LogP contribution in [0.5, 0.6) is 11.5 Å². The predicted molar refractivity (Wildman–Crippen MR) is 156 cm³/mol. The van der Waals surface area contributed by atoms with E-state index in [4.69, 9.17) is 9.47 Å². The minimum absolute atomic E-state index is 0.0135. The second kappa shape index (κ2) is 11.0. The topological polar surface area (TPSA) is 89.0 Å². The second-order valence-electron chi connectivity index (χ2n) is 10.4. The van der Waals surface area contributed by atoms with Gasteiger partial charge < -0.3 is 14.6 Å². The molecule has 0 unspecified atom stereocenters. The van der Waals surface area contributed by atoms with Crippen LogP contribution in [0.25, 0.3) is 16.0 Å². The summed E-state index contributed by atoms with van der Waals surface area (Å²) in [7, 11) is 0. The van der Waals surface area contributed by atoms with Crippen LogP contribution in [0.1, 0.15) is 55.8 Å². The van der Waals surface area contributed by atoms with Gasteiger partial charge in [0.05, 0.1) is 28.4 Å². The van der Waals surface area contributed by atoms with Crippen LogP contribution in [-0.2, 0) is 16.0 Å². The number of carbonyl (C=O) groups excluding carboxylic acids is 2. The zero-order valence-corrected chi connectivity index (χ0v) is 23.5. The Kier molecular flexibility index (Phi) is 7.21. The normalized spacial score (nSPS) is 19.5. The highest BCUT2D eigenvalue weighted by Crippen LogP contribution is 2.45. The van der Waals surface area contributed by atoms with Gasteiger partial charge in [0.2, 0.25) is 0 Å². The summed E-state index contributed by atoms with van der Waals surface area (Å²) in [4.78, 5) is 33.0.